The van der Waals surface area contributed by atoms with Gasteiger partial charge in [0.05, 0.1) is 31.5 Å². The molecule has 0 radical (unpaired) electrons. The van der Waals surface area contributed by atoms with Crippen molar-refractivity contribution < 1.29 is 18.7 Å². The molecule has 31 heavy (non-hydrogen) atoms. The molecule has 1 aliphatic rings. The molecule has 1 aliphatic heterocycles. The number of amides is 1. The van der Waals surface area contributed by atoms with Gasteiger partial charge in [-0.3, -0.25) is 4.79 Å². The van der Waals surface area contributed by atoms with Crippen LogP contribution in [0.5, 0.6) is 11.5 Å². The van der Waals surface area contributed by atoms with Crippen molar-refractivity contribution in [1.29, 1.82) is 0 Å². The molecule has 2 aromatic rings. The zero-order chi connectivity index (χ0) is 22.4. The van der Waals surface area contributed by atoms with E-state index in [4.69, 9.17) is 25.5 Å². The minimum Gasteiger partial charge on any atom is -0.493 e. The summed E-state index contributed by atoms with van der Waals surface area (Å²) in [6, 6.07) is 7.29. The number of halogens is 1. The molecule has 0 atom stereocenters. The Morgan fingerprint density at radius 1 is 1.32 bits per heavy atom. The summed E-state index contributed by atoms with van der Waals surface area (Å²) >= 11 is 6.52. The number of methoxy groups -OCH3 is 1. The Bertz CT molecular complexity index is 846. The van der Waals surface area contributed by atoms with E-state index in [1.807, 2.05) is 17.0 Å². The third kappa shape index (κ3) is 6.17. The van der Waals surface area contributed by atoms with Crippen LogP contribution in [0.3, 0.4) is 0 Å². The summed E-state index contributed by atoms with van der Waals surface area (Å²) in [7, 11) is 3.67. The van der Waals surface area contributed by atoms with E-state index in [2.05, 4.69) is 25.8 Å². The second-order valence-electron chi connectivity index (χ2n) is 8.57. The first-order chi connectivity index (χ1) is 14.9. The Kier molecular flexibility index (Phi) is 8.27. The van der Waals surface area contributed by atoms with Crippen LogP contribution in [-0.4, -0.2) is 55.6 Å². The van der Waals surface area contributed by atoms with Crippen molar-refractivity contribution >= 4 is 17.5 Å². The number of hydrogen-bond acceptors (Lipinski definition) is 5. The monoisotopic (exact) mass is 448 g/mol. The van der Waals surface area contributed by atoms with E-state index >= 15 is 0 Å². The highest BCUT2D eigenvalue weighted by Gasteiger charge is 2.29. The highest BCUT2D eigenvalue weighted by molar-refractivity contribution is 6.32. The van der Waals surface area contributed by atoms with Gasteiger partial charge in [0.1, 0.15) is 5.76 Å². The van der Waals surface area contributed by atoms with Crippen LogP contribution in [-0.2, 0) is 6.54 Å². The molecule has 6 nitrogen and oxygen atoms in total. The molecule has 1 amide bonds. The maximum Gasteiger partial charge on any atom is 0.254 e. The Morgan fingerprint density at radius 2 is 2.06 bits per heavy atom. The van der Waals surface area contributed by atoms with E-state index in [1.165, 1.54) is 0 Å². The number of furan rings is 1. The molecule has 1 fully saturated rings. The average molecular weight is 449 g/mol. The van der Waals surface area contributed by atoms with Gasteiger partial charge in [-0.15, -0.1) is 0 Å². The summed E-state index contributed by atoms with van der Waals surface area (Å²) < 4.78 is 16.9. The maximum absolute atomic E-state index is 13.6. The molecule has 1 saturated heterocycles. The zero-order valence-electron chi connectivity index (χ0n) is 18.9. The lowest BCUT2D eigenvalue weighted by Crippen LogP contribution is -2.46. The molecule has 170 valence electrons. The van der Waals surface area contributed by atoms with Crippen molar-refractivity contribution in [2.45, 2.75) is 45.7 Å². The van der Waals surface area contributed by atoms with Crippen molar-refractivity contribution in [3.63, 3.8) is 0 Å². The van der Waals surface area contributed by atoms with Gasteiger partial charge in [-0.25, -0.2) is 0 Å². The Hall–Kier alpha value is -2.18. The molecule has 0 bridgehead atoms. The summed E-state index contributed by atoms with van der Waals surface area (Å²) in [4.78, 5) is 17.8. The second-order valence-corrected chi connectivity index (χ2v) is 8.97. The fourth-order valence-electron chi connectivity index (χ4n) is 3.79. The molecule has 3 rings (SSSR count). The SMILES string of the molecule is COc1cc(C(=O)N(Cc2ccco2)C2CCN(C)CC2)cc(Cl)c1OCCC(C)C. The molecular formula is C24H33ClN2O4. The molecule has 7 heteroatoms. The number of nitrogens with zero attached hydrogens (tertiary/aromatic N) is 2. The van der Waals surface area contributed by atoms with Crippen LogP contribution < -0.4 is 9.47 Å². The maximum atomic E-state index is 13.6. The zero-order valence-corrected chi connectivity index (χ0v) is 19.7. The van der Waals surface area contributed by atoms with Gasteiger partial charge in [0.2, 0.25) is 0 Å². The van der Waals surface area contributed by atoms with E-state index in [0.717, 1.165) is 38.1 Å². The number of benzene rings is 1. The van der Waals surface area contributed by atoms with Crippen molar-refractivity contribution in [2.75, 3.05) is 33.9 Å². The van der Waals surface area contributed by atoms with Crippen LogP contribution in [0.25, 0.3) is 0 Å². The van der Waals surface area contributed by atoms with Crippen LogP contribution in [0.1, 0.15) is 49.2 Å². The molecule has 1 aromatic heterocycles. The van der Waals surface area contributed by atoms with Crippen molar-refractivity contribution in [3.8, 4) is 11.5 Å². The highest BCUT2D eigenvalue weighted by Crippen LogP contribution is 2.37. The molecule has 0 aliphatic carbocycles. The smallest absolute Gasteiger partial charge is 0.254 e. The first-order valence-electron chi connectivity index (χ1n) is 10.9. The summed E-state index contributed by atoms with van der Waals surface area (Å²) in [5.74, 6) is 2.16. The molecule has 0 spiro atoms. The average Bonchev–Trinajstić information content (AvgIpc) is 3.26. The summed E-state index contributed by atoms with van der Waals surface area (Å²) in [6.07, 6.45) is 4.39. The summed E-state index contributed by atoms with van der Waals surface area (Å²) in [5.41, 5.74) is 0.489. The van der Waals surface area contributed by atoms with Crippen LogP contribution in [0.2, 0.25) is 5.02 Å². The minimum atomic E-state index is -0.0834. The van der Waals surface area contributed by atoms with E-state index < -0.39 is 0 Å². The second kappa shape index (κ2) is 10.9. The fourth-order valence-corrected chi connectivity index (χ4v) is 4.05. The lowest BCUT2D eigenvalue weighted by atomic mass is 10.0. The van der Waals surface area contributed by atoms with Crippen molar-refractivity contribution in [3.05, 3.63) is 46.9 Å². The summed E-state index contributed by atoms with van der Waals surface area (Å²) in [5, 5.41) is 0.382. The molecule has 1 aromatic carbocycles. The van der Waals surface area contributed by atoms with Gasteiger partial charge in [-0.1, -0.05) is 25.4 Å². The molecule has 0 saturated carbocycles. The third-order valence-corrected chi connectivity index (χ3v) is 5.99. The predicted octanol–water partition coefficient (Wildman–Crippen LogP) is 5.10. The van der Waals surface area contributed by atoms with E-state index in [1.54, 1.807) is 25.5 Å². The van der Waals surface area contributed by atoms with Gasteiger partial charge in [0.15, 0.2) is 11.5 Å². The van der Waals surface area contributed by atoms with Gasteiger partial charge in [-0.05, 0) is 69.6 Å². The number of carbonyl (C=O) groups excluding carboxylic acids is 1. The molecule has 2 heterocycles. The first-order valence-corrected chi connectivity index (χ1v) is 11.3. The van der Waals surface area contributed by atoms with Crippen molar-refractivity contribution in [1.82, 2.24) is 9.80 Å². The Balaban J connectivity index is 1.84. The van der Waals surface area contributed by atoms with Gasteiger partial charge in [0.25, 0.3) is 5.91 Å². The topological polar surface area (TPSA) is 55.2 Å². The van der Waals surface area contributed by atoms with E-state index in [9.17, 15) is 4.79 Å². The highest BCUT2D eigenvalue weighted by atomic mass is 35.5. The fraction of sp³-hybridized carbons (Fsp3) is 0.542. The van der Waals surface area contributed by atoms with Gasteiger partial charge in [0, 0.05) is 11.6 Å². The first kappa shape index (κ1) is 23.5. The lowest BCUT2D eigenvalue weighted by Gasteiger charge is -2.37. The van der Waals surface area contributed by atoms with Gasteiger partial charge < -0.3 is 23.7 Å². The largest absolute Gasteiger partial charge is 0.493 e. The third-order valence-electron chi connectivity index (χ3n) is 5.71. The van der Waals surface area contributed by atoms with Crippen LogP contribution in [0.4, 0.5) is 0 Å². The number of likely N-dealkylation sites (tertiary alicyclic amines) is 1. The van der Waals surface area contributed by atoms with Crippen LogP contribution in [0, 0.1) is 5.92 Å². The quantitative estimate of drug-likeness (QED) is 0.534. The van der Waals surface area contributed by atoms with E-state index in [0.29, 0.717) is 41.2 Å². The van der Waals surface area contributed by atoms with Crippen molar-refractivity contribution in [2.24, 2.45) is 5.92 Å². The molecular weight excluding hydrogens is 416 g/mol. The minimum absolute atomic E-state index is 0.0834. The normalized spacial score (nSPS) is 15.3. The lowest BCUT2D eigenvalue weighted by molar-refractivity contribution is 0.0550. The van der Waals surface area contributed by atoms with Crippen LogP contribution in [0.15, 0.2) is 34.9 Å². The number of piperidine rings is 1. The summed E-state index contributed by atoms with van der Waals surface area (Å²) in [6.45, 7) is 7.16. The molecule has 0 unspecified atom stereocenters. The predicted molar refractivity (Wildman–Crippen MR) is 122 cm³/mol. The van der Waals surface area contributed by atoms with Gasteiger partial charge >= 0.3 is 0 Å². The molecule has 0 N–H and O–H groups in total. The number of ether oxygens (including phenoxy) is 2. The number of rotatable bonds is 9. The standard InChI is InChI=1S/C24H33ClN2O4/c1-17(2)9-13-31-23-21(25)14-18(15-22(23)29-4)24(28)27(16-20-6-5-12-30-20)19-7-10-26(3)11-8-19/h5-6,12,14-15,17,19H,7-11,13,16H2,1-4H3. The number of hydrogen-bond donors (Lipinski definition) is 0. The Labute approximate surface area is 190 Å². The Morgan fingerprint density at radius 3 is 2.68 bits per heavy atom. The van der Waals surface area contributed by atoms with E-state index in [-0.39, 0.29) is 11.9 Å². The van der Waals surface area contributed by atoms with Crippen LogP contribution >= 0.6 is 11.6 Å². The van der Waals surface area contributed by atoms with Gasteiger partial charge in [-0.2, -0.15) is 0 Å². The number of carbonyl (C=O) groups is 1.